The number of alkyl halides is 9. The van der Waals surface area contributed by atoms with Crippen LogP contribution in [0.15, 0.2) is 83.9 Å². The van der Waals surface area contributed by atoms with Gasteiger partial charge in [-0.3, -0.25) is 58.0 Å². The number of nitrogens with zero attached hydrogens (tertiary/aromatic N) is 5. The molecule has 109 heavy (non-hydrogen) atoms. The number of urea groups is 1. The summed E-state index contributed by atoms with van der Waals surface area (Å²) >= 11 is 0. The zero-order valence-corrected chi connectivity index (χ0v) is 62.3. The molecule has 1 saturated heterocycles. The number of carbonyl (C=O) groups is 12. The van der Waals surface area contributed by atoms with Gasteiger partial charge in [-0.2, -0.15) is 44.5 Å². The van der Waals surface area contributed by atoms with Gasteiger partial charge in [0.2, 0.25) is 29.5 Å². The standard InChI is InChI=1S/C59H88N14O14.3C2HF3O2.In/c1-2-49(75)63-25-26-66-59(86)69-58(61)65-24-11-17-48(56(84)67-37-42-18-20-45(74)21-19-42)68-57(85)54(43-12-4-3-5-13-43)44-14-10-15-46(36-44)87-35-9-8-23-64-55(83)47(60)16-6-7-22-62-50(76)38-70-27-29-71(39-51(77)78)31-33-73(41-53(81)82)34-32-72(30-28-70)40-52(79)80;3*3-2(4,5)1(6)7;/h3-5,10,12-15,18-21,36,47-48,54,74H,2,6-9,11,16-17,22-35,37-41,60H2,1H3,(H,62,76)(H,63,75)(H,64,83)(H,67,84)(H,68,85)(H,77,78)(H,79,80)(H,81,82)(H4,61,65,66,69,86);3*(H,6,7);/q;;;;+3/p-3/t47-,48?,54-;;;;/m1..../s1. The van der Waals surface area contributed by atoms with E-state index in [1.165, 1.54) is 12.1 Å². The second kappa shape index (κ2) is 53.1. The molecule has 3 atom stereocenters. The van der Waals surface area contributed by atoms with Crippen LogP contribution in [-0.4, -0.2) is 292 Å². The van der Waals surface area contributed by atoms with Gasteiger partial charge >= 0.3 is 68.3 Å². The smallest absolute Gasteiger partial charge is 0.542 e. The van der Waals surface area contributed by atoms with Gasteiger partial charge in [0.1, 0.15) is 35.4 Å². The number of halogens is 9. The monoisotopic (exact) mass is 1670 g/mol. The van der Waals surface area contributed by atoms with Crippen molar-refractivity contribution >= 4 is 103 Å². The minimum absolute atomic E-state index is 0. The Morgan fingerprint density at radius 3 is 1.43 bits per heavy atom. The number of hydrogen-bond acceptors (Lipinski definition) is 22. The molecule has 0 aromatic heterocycles. The van der Waals surface area contributed by atoms with Crippen LogP contribution >= 0.6 is 0 Å². The number of benzene rings is 3. The quantitative estimate of drug-likeness (QED) is 0.0122. The Bertz CT molecular complexity index is 3280. The number of aromatic hydroxyl groups is 1. The summed E-state index contributed by atoms with van der Waals surface area (Å²) in [7, 11) is 0. The average molecular weight is 1670 g/mol. The van der Waals surface area contributed by atoms with Gasteiger partial charge in [0.05, 0.1) is 44.7 Å². The van der Waals surface area contributed by atoms with Crippen molar-refractivity contribution in [3.63, 3.8) is 0 Å². The summed E-state index contributed by atoms with van der Waals surface area (Å²) in [6.07, 6.45) is -12.1. The van der Waals surface area contributed by atoms with Gasteiger partial charge in [-0.25, -0.2) is 4.79 Å². The number of hydrogen-bond donors (Lipinski definition) is 13. The van der Waals surface area contributed by atoms with Crippen LogP contribution in [0, 0.1) is 0 Å². The molecule has 1 unspecified atom stereocenters. The van der Waals surface area contributed by atoms with E-state index < -0.39 is 90.2 Å². The fourth-order valence-corrected chi connectivity index (χ4v) is 9.23. The summed E-state index contributed by atoms with van der Waals surface area (Å²) in [5.41, 5.74) is 14.2. The number of nitrogens with one attached hydrogen (secondary N) is 7. The largest absolute Gasteiger partial charge is 3.00 e. The fourth-order valence-electron chi connectivity index (χ4n) is 9.23. The Balaban J connectivity index is 0.00000461. The first-order valence-corrected chi connectivity index (χ1v) is 33.1. The summed E-state index contributed by atoms with van der Waals surface area (Å²) < 4.78 is 101. The summed E-state index contributed by atoms with van der Waals surface area (Å²) in [6.45, 7) is 4.85. The van der Waals surface area contributed by atoms with Crippen LogP contribution in [0.4, 0.5) is 44.3 Å². The minimum atomic E-state index is -5.19. The van der Waals surface area contributed by atoms with Crippen LogP contribution in [0.3, 0.4) is 0 Å². The minimum Gasteiger partial charge on any atom is -0.542 e. The number of nitrogens with two attached hydrogens (primary N) is 2. The number of carbonyl (C=O) groups excluding carboxylic acids is 9. The molecule has 44 heteroatoms. The van der Waals surface area contributed by atoms with E-state index in [2.05, 4.69) is 42.2 Å². The molecule has 1 aliphatic heterocycles. The van der Waals surface area contributed by atoms with Crippen LogP contribution < -0.4 is 68.7 Å². The average Bonchev–Trinajstić information content (AvgIpc) is 0.815. The molecular formula is C65H88F9InN14O20. The van der Waals surface area contributed by atoms with E-state index in [4.69, 9.17) is 45.9 Å². The van der Waals surface area contributed by atoms with Crippen LogP contribution in [0.25, 0.3) is 0 Å². The van der Waals surface area contributed by atoms with Crippen molar-refractivity contribution in [2.24, 2.45) is 16.5 Å². The van der Waals surface area contributed by atoms with Crippen LogP contribution in [0.5, 0.6) is 11.5 Å². The molecule has 4 rings (SSSR count). The summed E-state index contributed by atoms with van der Waals surface area (Å²) in [5.74, 6) is -14.2. The van der Waals surface area contributed by atoms with Crippen molar-refractivity contribution in [2.75, 3.05) is 118 Å². The Hall–Kier alpha value is -9.79. The first-order valence-electron chi connectivity index (χ1n) is 33.1. The second-order valence-corrected chi connectivity index (χ2v) is 23.3. The number of amides is 7. The number of ether oxygens (including phenoxy) is 1. The predicted molar refractivity (Wildman–Crippen MR) is 362 cm³/mol. The molecule has 0 aliphatic carbocycles. The van der Waals surface area contributed by atoms with Crippen molar-refractivity contribution in [1.82, 2.24) is 56.8 Å². The molecule has 1 aliphatic rings. The number of rotatable bonds is 35. The molecule has 0 spiro atoms. The number of aliphatic imine (C=N–C) groups is 1. The third-order valence-electron chi connectivity index (χ3n) is 14.7. The molecule has 0 saturated carbocycles. The van der Waals surface area contributed by atoms with Gasteiger partial charge in [0.15, 0.2) is 5.96 Å². The summed E-state index contributed by atoms with van der Waals surface area (Å²) in [6, 6.07) is 20.1. The summed E-state index contributed by atoms with van der Waals surface area (Å²) in [5, 5.41) is 84.1. The Labute approximate surface area is 637 Å². The van der Waals surface area contributed by atoms with Gasteiger partial charge in [0.25, 0.3) is 0 Å². The first kappa shape index (κ1) is 99.2. The molecule has 3 aromatic rings. The molecule has 1 fully saturated rings. The zero-order chi connectivity index (χ0) is 81.6. The van der Waals surface area contributed by atoms with Crippen molar-refractivity contribution in [2.45, 2.75) is 101 Å². The normalized spacial score (nSPS) is 14.1. The molecule has 0 radical (unpaired) electrons. The molecule has 34 nitrogen and oxygen atoms in total. The van der Waals surface area contributed by atoms with E-state index in [9.17, 15) is 103 Å². The van der Waals surface area contributed by atoms with E-state index in [-0.39, 0.29) is 153 Å². The van der Waals surface area contributed by atoms with E-state index >= 15 is 0 Å². The van der Waals surface area contributed by atoms with Crippen molar-refractivity contribution in [3.8, 4) is 11.5 Å². The third kappa shape index (κ3) is 47.6. The van der Waals surface area contributed by atoms with Crippen LogP contribution in [0.1, 0.15) is 80.9 Å². The van der Waals surface area contributed by atoms with E-state index in [0.29, 0.717) is 94.6 Å². The predicted octanol–water partition coefficient (Wildman–Crippen LogP) is -2.88. The number of carboxylic acid groups (broad SMARTS) is 6. The van der Waals surface area contributed by atoms with E-state index in [1.54, 1.807) is 58.0 Å². The van der Waals surface area contributed by atoms with Gasteiger partial charge in [-0.15, -0.1) is 0 Å². The van der Waals surface area contributed by atoms with Crippen LogP contribution in [0.2, 0.25) is 0 Å². The number of guanidine groups is 1. The molecule has 1 heterocycles. The molecule has 3 aromatic carbocycles. The number of aliphatic carboxylic acids is 6. The fraction of sp³-hybridized carbons (Fsp3) is 0.523. The molecular weight excluding hydrogens is 1580 g/mol. The van der Waals surface area contributed by atoms with Crippen molar-refractivity contribution in [1.29, 1.82) is 0 Å². The topological polar surface area (TPSA) is 526 Å². The van der Waals surface area contributed by atoms with Crippen molar-refractivity contribution < 1.29 is 138 Å². The number of phenols is 1. The molecule has 7 amide bonds. The zero-order valence-electron chi connectivity index (χ0n) is 59.0. The SMILES string of the molecule is CCC(=O)NCCNC(=O)/N=C(/N)NCCCC(NC(=O)[C@H](c1ccccc1)c1cccc(OCCCCNC(=O)[C@H](N)CCCCNC(=O)CN2CCN(CC(=O)O)CCN(CC(=O)O)CCN(CC(=O)O)CC2)c1)C(=O)NCc1ccc(O)cc1.O=C([O-])C(F)(F)F.O=C([O-])C(F)(F)F.O=C([O-])C(F)(F)F.[In+3]. The maximum atomic E-state index is 14.5. The Morgan fingerprint density at radius 2 is 0.954 bits per heavy atom. The summed E-state index contributed by atoms with van der Waals surface area (Å²) in [4.78, 5) is 150. The number of phenolic OH excluding ortho intramolecular Hbond substituents is 1. The van der Waals surface area contributed by atoms with E-state index in [1.807, 2.05) is 35.2 Å². The maximum absolute atomic E-state index is 14.5. The van der Waals surface area contributed by atoms with Gasteiger partial charge in [-0.1, -0.05) is 61.5 Å². The molecule has 604 valence electrons. The molecule has 15 N–H and O–H groups in total. The Morgan fingerprint density at radius 1 is 0.514 bits per heavy atom. The van der Waals surface area contributed by atoms with Gasteiger partial charge < -0.3 is 104 Å². The van der Waals surface area contributed by atoms with Gasteiger partial charge in [0, 0.05) is 98.0 Å². The number of unbranched alkanes of at least 4 members (excludes halogenated alkanes) is 2. The first-order chi connectivity index (χ1) is 50.6. The van der Waals surface area contributed by atoms with Crippen LogP contribution in [-0.2, 0) is 59.3 Å². The second-order valence-electron chi connectivity index (χ2n) is 23.3. The Kier molecular flexibility index (Phi) is 48.3. The van der Waals surface area contributed by atoms with Gasteiger partial charge in [-0.05, 0) is 85.9 Å². The number of carboxylic acids is 6. The maximum Gasteiger partial charge on any atom is 3.00 e. The molecule has 0 bridgehead atoms. The van der Waals surface area contributed by atoms with Crippen molar-refractivity contribution in [3.05, 3.63) is 95.6 Å². The van der Waals surface area contributed by atoms with E-state index in [0.717, 1.165) is 5.56 Å². The third-order valence-corrected chi connectivity index (χ3v) is 14.7.